The fourth-order valence-electron chi connectivity index (χ4n) is 9.44. The van der Waals surface area contributed by atoms with Gasteiger partial charge in [-0.05, 0) is 41.5 Å². The zero-order valence-electron chi connectivity index (χ0n) is 29.2. The minimum absolute atomic E-state index is 0.365. The molecule has 12 rings (SSSR count). The van der Waals surface area contributed by atoms with Gasteiger partial charge in [-0.3, -0.25) is 0 Å². The van der Waals surface area contributed by atoms with Crippen molar-refractivity contribution in [2.24, 2.45) is 0 Å². The fraction of sp³-hybridized carbons (Fsp3) is 0.0625. The summed E-state index contributed by atoms with van der Waals surface area (Å²) in [6.45, 7) is 4.74. The van der Waals surface area contributed by atoms with Crippen LogP contribution in [0.1, 0.15) is 25.0 Å². The van der Waals surface area contributed by atoms with Gasteiger partial charge in [0.05, 0.1) is 33.1 Å². The Hall–Kier alpha value is -6.85. The van der Waals surface area contributed by atoms with E-state index in [1.807, 2.05) is 36.4 Å². The minimum Gasteiger partial charge on any atom is -0.307 e. The van der Waals surface area contributed by atoms with E-state index in [1.165, 1.54) is 76.5 Å². The zero-order valence-corrected chi connectivity index (χ0v) is 29.2. The lowest BCUT2D eigenvalue weighted by molar-refractivity contribution is 0.663. The lowest BCUT2D eigenvalue weighted by atomic mass is 9.79. The first-order valence-corrected chi connectivity index (χ1v) is 18.2. The Morgan fingerprint density at radius 3 is 1.58 bits per heavy atom. The van der Waals surface area contributed by atoms with Crippen molar-refractivity contribution in [3.05, 3.63) is 163 Å². The molecule has 0 fully saturated rings. The van der Waals surface area contributed by atoms with E-state index in [0.29, 0.717) is 17.5 Å². The second-order valence-electron chi connectivity index (χ2n) is 14.8. The Bertz CT molecular complexity index is 3300. The van der Waals surface area contributed by atoms with Crippen LogP contribution in [0.3, 0.4) is 0 Å². The second-order valence-corrected chi connectivity index (χ2v) is 14.8. The van der Waals surface area contributed by atoms with Gasteiger partial charge in [0.15, 0.2) is 17.5 Å². The highest BCUT2D eigenvalue weighted by Gasteiger charge is 2.39. The van der Waals surface area contributed by atoms with E-state index in [9.17, 15) is 0 Å². The molecule has 0 saturated carbocycles. The van der Waals surface area contributed by atoms with E-state index < -0.39 is 0 Å². The molecule has 0 atom stereocenters. The van der Waals surface area contributed by atoms with Gasteiger partial charge in [-0.2, -0.15) is 0 Å². The smallest absolute Gasteiger partial charge is 0.164 e. The van der Waals surface area contributed by atoms with Crippen molar-refractivity contribution >= 4 is 65.4 Å². The molecule has 0 aliphatic heterocycles. The molecule has 0 N–H and O–H groups in total. The van der Waals surface area contributed by atoms with Crippen LogP contribution < -0.4 is 0 Å². The van der Waals surface area contributed by atoms with Crippen LogP contribution in [0.2, 0.25) is 0 Å². The van der Waals surface area contributed by atoms with Crippen LogP contribution in [0.15, 0.2) is 152 Å². The van der Waals surface area contributed by atoms with Crippen LogP contribution in [-0.2, 0) is 5.41 Å². The summed E-state index contributed by atoms with van der Waals surface area (Å²) in [7, 11) is 0. The third-order valence-electron chi connectivity index (χ3n) is 11.7. The lowest BCUT2D eigenvalue weighted by Gasteiger charge is -2.25. The molecule has 5 nitrogen and oxygen atoms in total. The number of para-hydroxylation sites is 3. The normalized spacial score (nSPS) is 13.6. The number of hydrogen-bond donors (Lipinski definition) is 0. The van der Waals surface area contributed by atoms with Gasteiger partial charge in [0, 0.05) is 54.4 Å². The first-order valence-electron chi connectivity index (χ1n) is 18.2. The molecule has 0 spiro atoms. The van der Waals surface area contributed by atoms with Gasteiger partial charge in [0.25, 0.3) is 0 Å². The van der Waals surface area contributed by atoms with Crippen LogP contribution in [0.4, 0.5) is 0 Å². The Kier molecular flexibility index (Phi) is 5.51. The molecular weight excluding hydrogens is 647 g/mol. The molecule has 7 aromatic carbocycles. The number of nitrogens with zero attached hydrogens (tertiary/aromatic N) is 5. The van der Waals surface area contributed by atoms with Crippen molar-refractivity contribution in [3.63, 3.8) is 0 Å². The standard InChI is InChI=1S/C48H31N5/c1-48(2)35-26-24-33-31-19-10-12-22-37(31)53-39-23-13-20-32-30-18-9-11-21-36(30)52(43(32)39)38-27-25-34(42(48)41(38)40(35)44(33)53)47-50-45(28-14-5-3-6-15-28)49-46(51-47)29-16-7-4-8-17-29/h3-27H,1-2H3. The summed E-state index contributed by atoms with van der Waals surface area (Å²) in [5, 5.41) is 7.55. The van der Waals surface area contributed by atoms with Crippen molar-refractivity contribution < 1.29 is 0 Å². The van der Waals surface area contributed by atoms with Gasteiger partial charge < -0.3 is 8.80 Å². The average Bonchev–Trinajstić information content (AvgIpc) is 3.81. The fourth-order valence-corrected chi connectivity index (χ4v) is 9.44. The maximum absolute atomic E-state index is 5.27. The molecular formula is C48H31N5. The quantitative estimate of drug-likeness (QED) is 0.187. The number of fused-ring (bicyclic) bond motifs is 8. The van der Waals surface area contributed by atoms with E-state index in [2.05, 4.69) is 138 Å². The highest BCUT2D eigenvalue weighted by Crippen LogP contribution is 2.54. The topological polar surface area (TPSA) is 47.5 Å². The summed E-state index contributed by atoms with van der Waals surface area (Å²) in [4.78, 5) is 15.6. The Labute approximate surface area is 304 Å². The molecule has 248 valence electrons. The van der Waals surface area contributed by atoms with Crippen molar-refractivity contribution in [2.45, 2.75) is 19.3 Å². The monoisotopic (exact) mass is 677 g/mol. The predicted octanol–water partition coefficient (Wildman–Crippen LogP) is 11.8. The summed E-state index contributed by atoms with van der Waals surface area (Å²) in [5.41, 5.74) is 12.4. The SMILES string of the molecule is CC1(C)c2c(-c3nc(-c4ccccc4)nc(-c4ccccc4)n3)ccc3c2c2c1ccc1c4ccccc4n(c4cccc5c6ccccc6n3c54)c12. The average molecular weight is 678 g/mol. The molecule has 0 bridgehead atoms. The summed E-state index contributed by atoms with van der Waals surface area (Å²) < 4.78 is 5.05. The van der Waals surface area contributed by atoms with Crippen molar-refractivity contribution in [1.29, 1.82) is 0 Å². The molecule has 0 amide bonds. The second kappa shape index (κ2) is 10.1. The first kappa shape index (κ1) is 28.8. The van der Waals surface area contributed by atoms with E-state index >= 15 is 0 Å². The lowest BCUT2D eigenvalue weighted by Crippen LogP contribution is -2.17. The van der Waals surface area contributed by atoms with Crippen LogP contribution in [0.25, 0.3) is 99.6 Å². The van der Waals surface area contributed by atoms with Gasteiger partial charge in [0.2, 0.25) is 0 Å². The van der Waals surface area contributed by atoms with Crippen molar-refractivity contribution in [2.75, 3.05) is 0 Å². The Morgan fingerprint density at radius 2 is 0.925 bits per heavy atom. The summed E-state index contributed by atoms with van der Waals surface area (Å²) in [6.07, 6.45) is 0. The number of benzene rings is 7. The molecule has 4 heterocycles. The molecule has 53 heavy (non-hydrogen) atoms. The van der Waals surface area contributed by atoms with Gasteiger partial charge in [-0.15, -0.1) is 0 Å². The molecule has 11 aromatic rings. The maximum atomic E-state index is 5.27. The van der Waals surface area contributed by atoms with Crippen molar-refractivity contribution in [3.8, 4) is 34.2 Å². The van der Waals surface area contributed by atoms with Crippen LogP contribution in [0.5, 0.6) is 0 Å². The van der Waals surface area contributed by atoms with Gasteiger partial charge in [-0.25, -0.2) is 15.0 Å². The minimum atomic E-state index is -0.365. The number of aromatic nitrogens is 5. The van der Waals surface area contributed by atoms with E-state index in [4.69, 9.17) is 15.0 Å². The third-order valence-corrected chi connectivity index (χ3v) is 11.7. The Morgan fingerprint density at radius 1 is 0.396 bits per heavy atom. The molecule has 1 aliphatic carbocycles. The summed E-state index contributed by atoms with van der Waals surface area (Å²) >= 11 is 0. The van der Waals surface area contributed by atoms with E-state index in [0.717, 1.165) is 16.7 Å². The van der Waals surface area contributed by atoms with E-state index in [-0.39, 0.29) is 5.41 Å². The molecule has 0 radical (unpaired) electrons. The molecule has 0 saturated heterocycles. The predicted molar refractivity (Wildman–Crippen MR) is 218 cm³/mol. The zero-order chi connectivity index (χ0) is 35.0. The molecule has 5 heteroatoms. The van der Waals surface area contributed by atoms with Crippen LogP contribution in [-0.4, -0.2) is 23.8 Å². The molecule has 1 aliphatic rings. The Balaban J connectivity index is 1.34. The number of hydrogen-bond acceptors (Lipinski definition) is 3. The van der Waals surface area contributed by atoms with Crippen LogP contribution >= 0.6 is 0 Å². The summed E-state index contributed by atoms with van der Waals surface area (Å²) in [6, 6.07) is 54.3. The largest absolute Gasteiger partial charge is 0.307 e. The summed E-state index contributed by atoms with van der Waals surface area (Å²) in [5.74, 6) is 2.01. The molecule has 0 unspecified atom stereocenters. The highest BCUT2D eigenvalue weighted by atomic mass is 15.0. The number of rotatable bonds is 3. The van der Waals surface area contributed by atoms with Gasteiger partial charge in [0.1, 0.15) is 0 Å². The van der Waals surface area contributed by atoms with Gasteiger partial charge >= 0.3 is 0 Å². The first-order chi connectivity index (χ1) is 26.1. The molecule has 4 aromatic heterocycles. The maximum Gasteiger partial charge on any atom is 0.164 e. The van der Waals surface area contributed by atoms with Crippen LogP contribution in [0, 0.1) is 0 Å². The van der Waals surface area contributed by atoms with Crippen molar-refractivity contribution in [1.82, 2.24) is 23.8 Å². The third kappa shape index (κ3) is 3.68. The van der Waals surface area contributed by atoms with E-state index in [1.54, 1.807) is 0 Å². The van der Waals surface area contributed by atoms with Gasteiger partial charge in [-0.1, -0.05) is 135 Å². The highest BCUT2D eigenvalue weighted by molar-refractivity contribution is 6.26.